The van der Waals surface area contributed by atoms with Crippen molar-refractivity contribution < 1.29 is 0 Å². The summed E-state index contributed by atoms with van der Waals surface area (Å²) in [4.78, 5) is 4.36. The van der Waals surface area contributed by atoms with Crippen LogP contribution in [0.2, 0.25) is 5.02 Å². The van der Waals surface area contributed by atoms with E-state index in [1.54, 1.807) is 11.3 Å². The molecule has 2 aromatic heterocycles. The fourth-order valence-electron chi connectivity index (χ4n) is 1.57. The van der Waals surface area contributed by atoms with Gasteiger partial charge >= 0.3 is 0 Å². The van der Waals surface area contributed by atoms with Gasteiger partial charge in [-0.05, 0) is 30.3 Å². The average molecular weight is 220 g/mol. The maximum Gasteiger partial charge on any atom is 0.0888 e. The molecule has 0 N–H and O–H groups in total. The summed E-state index contributed by atoms with van der Waals surface area (Å²) in [6.07, 6.45) is 1.81. The summed E-state index contributed by atoms with van der Waals surface area (Å²) in [5.41, 5.74) is 1.05. The number of benzene rings is 1. The van der Waals surface area contributed by atoms with Crippen molar-refractivity contribution in [2.75, 3.05) is 0 Å². The lowest BCUT2D eigenvalue weighted by atomic mass is 10.2. The fourth-order valence-corrected chi connectivity index (χ4v) is 2.79. The minimum absolute atomic E-state index is 0.767. The van der Waals surface area contributed by atoms with Crippen molar-refractivity contribution in [1.82, 2.24) is 4.98 Å². The van der Waals surface area contributed by atoms with Gasteiger partial charge in [-0.25, -0.2) is 0 Å². The highest BCUT2D eigenvalue weighted by atomic mass is 35.5. The SMILES string of the molecule is Clc1ccc2sc3cccnc3c2c1. The maximum atomic E-state index is 5.95. The molecule has 0 fully saturated rings. The zero-order chi connectivity index (χ0) is 9.54. The molecule has 14 heavy (non-hydrogen) atoms. The van der Waals surface area contributed by atoms with Gasteiger partial charge in [0.05, 0.1) is 10.2 Å². The molecule has 68 valence electrons. The van der Waals surface area contributed by atoms with Crippen LogP contribution in [0.3, 0.4) is 0 Å². The number of fused-ring (bicyclic) bond motifs is 3. The van der Waals surface area contributed by atoms with Crippen molar-refractivity contribution in [3.05, 3.63) is 41.6 Å². The van der Waals surface area contributed by atoms with Crippen LogP contribution in [0.1, 0.15) is 0 Å². The van der Waals surface area contributed by atoms with Crippen LogP contribution in [0, 0.1) is 0 Å². The summed E-state index contributed by atoms with van der Waals surface area (Å²) in [6.45, 7) is 0. The molecular weight excluding hydrogens is 214 g/mol. The predicted octanol–water partition coefficient (Wildman–Crippen LogP) is 4.10. The van der Waals surface area contributed by atoms with Crippen molar-refractivity contribution in [3.8, 4) is 0 Å². The van der Waals surface area contributed by atoms with Gasteiger partial charge in [0.15, 0.2) is 0 Å². The molecule has 0 amide bonds. The molecule has 0 radical (unpaired) electrons. The van der Waals surface area contributed by atoms with Crippen LogP contribution in [0.5, 0.6) is 0 Å². The van der Waals surface area contributed by atoms with E-state index in [1.165, 1.54) is 9.40 Å². The zero-order valence-corrected chi connectivity index (χ0v) is 8.77. The number of pyridine rings is 1. The van der Waals surface area contributed by atoms with Crippen molar-refractivity contribution in [2.24, 2.45) is 0 Å². The van der Waals surface area contributed by atoms with Gasteiger partial charge in [-0.2, -0.15) is 0 Å². The van der Waals surface area contributed by atoms with Gasteiger partial charge in [-0.15, -0.1) is 11.3 Å². The van der Waals surface area contributed by atoms with E-state index in [0.29, 0.717) is 0 Å². The van der Waals surface area contributed by atoms with Crippen LogP contribution in [-0.4, -0.2) is 4.98 Å². The summed E-state index contributed by atoms with van der Waals surface area (Å²) in [5.74, 6) is 0. The number of halogens is 1. The van der Waals surface area contributed by atoms with Gasteiger partial charge in [0, 0.05) is 21.3 Å². The van der Waals surface area contributed by atoms with Crippen LogP contribution in [0.25, 0.3) is 20.3 Å². The molecule has 0 unspecified atom stereocenters. The summed E-state index contributed by atoms with van der Waals surface area (Å²) < 4.78 is 2.45. The summed E-state index contributed by atoms with van der Waals surface area (Å²) in [7, 11) is 0. The molecule has 3 aromatic rings. The quantitative estimate of drug-likeness (QED) is 0.555. The Kier molecular flexibility index (Phi) is 1.72. The Morgan fingerprint density at radius 3 is 3.00 bits per heavy atom. The lowest BCUT2D eigenvalue weighted by Crippen LogP contribution is -1.71. The smallest absolute Gasteiger partial charge is 0.0888 e. The maximum absolute atomic E-state index is 5.95. The molecule has 0 bridgehead atoms. The molecule has 2 heterocycles. The Labute approximate surface area is 90.0 Å². The van der Waals surface area contributed by atoms with E-state index in [-0.39, 0.29) is 0 Å². The molecule has 0 saturated carbocycles. The van der Waals surface area contributed by atoms with Crippen molar-refractivity contribution in [1.29, 1.82) is 0 Å². The minimum atomic E-state index is 0.767. The van der Waals surface area contributed by atoms with Crippen LogP contribution >= 0.6 is 22.9 Å². The van der Waals surface area contributed by atoms with E-state index < -0.39 is 0 Å². The number of hydrogen-bond donors (Lipinski definition) is 0. The van der Waals surface area contributed by atoms with E-state index in [4.69, 9.17) is 11.6 Å². The molecule has 0 aliphatic heterocycles. The van der Waals surface area contributed by atoms with E-state index in [1.807, 2.05) is 30.5 Å². The van der Waals surface area contributed by atoms with E-state index in [9.17, 15) is 0 Å². The second kappa shape index (κ2) is 2.94. The molecule has 1 nitrogen and oxygen atoms in total. The third-order valence-electron chi connectivity index (χ3n) is 2.19. The highest BCUT2D eigenvalue weighted by molar-refractivity contribution is 7.25. The highest BCUT2D eigenvalue weighted by Gasteiger charge is 2.04. The lowest BCUT2D eigenvalue weighted by molar-refractivity contribution is 1.44. The third-order valence-corrected chi connectivity index (χ3v) is 3.55. The van der Waals surface area contributed by atoms with Gasteiger partial charge in [0.2, 0.25) is 0 Å². The molecule has 1 aromatic carbocycles. The van der Waals surface area contributed by atoms with Gasteiger partial charge in [0.1, 0.15) is 0 Å². The molecule has 3 heteroatoms. The van der Waals surface area contributed by atoms with E-state index >= 15 is 0 Å². The molecule has 0 saturated heterocycles. The van der Waals surface area contributed by atoms with E-state index in [0.717, 1.165) is 15.9 Å². The molecule has 0 spiro atoms. The molecule has 0 aliphatic rings. The zero-order valence-electron chi connectivity index (χ0n) is 7.20. The number of rotatable bonds is 0. The molecule has 3 rings (SSSR count). The molecular formula is C11H6ClNS. The second-order valence-corrected chi connectivity index (χ2v) is 4.61. The Morgan fingerprint density at radius 1 is 1.14 bits per heavy atom. The van der Waals surface area contributed by atoms with Crippen LogP contribution in [-0.2, 0) is 0 Å². The van der Waals surface area contributed by atoms with Gasteiger partial charge in [-0.1, -0.05) is 11.6 Å². The average Bonchev–Trinajstić information content (AvgIpc) is 2.56. The molecule has 0 aliphatic carbocycles. The number of aromatic nitrogens is 1. The van der Waals surface area contributed by atoms with E-state index in [2.05, 4.69) is 11.1 Å². The Hall–Kier alpha value is -1.12. The highest BCUT2D eigenvalue weighted by Crippen LogP contribution is 2.33. The predicted molar refractivity (Wildman–Crippen MR) is 62.1 cm³/mol. The largest absolute Gasteiger partial charge is 0.255 e. The second-order valence-electron chi connectivity index (χ2n) is 3.09. The minimum Gasteiger partial charge on any atom is -0.255 e. The summed E-state index contributed by atoms with van der Waals surface area (Å²) in [6, 6.07) is 9.98. The normalized spacial score (nSPS) is 11.2. The molecule has 0 atom stereocenters. The van der Waals surface area contributed by atoms with Crippen LogP contribution in [0.4, 0.5) is 0 Å². The third kappa shape index (κ3) is 1.11. The Balaban J connectivity index is 2.58. The topological polar surface area (TPSA) is 12.9 Å². The lowest BCUT2D eigenvalue weighted by Gasteiger charge is -1.90. The number of hydrogen-bond acceptors (Lipinski definition) is 2. The Morgan fingerprint density at radius 2 is 2.07 bits per heavy atom. The van der Waals surface area contributed by atoms with Gasteiger partial charge in [0.25, 0.3) is 0 Å². The monoisotopic (exact) mass is 219 g/mol. The standard InChI is InChI=1S/C11H6ClNS/c12-7-3-4-9-8(6-7)11-10(14-9)2-1-5-13-11/h1-6H. The first-order valence-electron chi connectivity index (χ1n) is 4.27. The summed E-state index contributed by atoms with van der Waals surface area (Å²) >= 11 is 7.70. The first kappa shape index (κ1) is 8.21. The first-order chi connectivity index (χ1) is 6.84. The van der Waals surface area contributed by atoms with Crippen molar-refractivity contribution in [3.63, 3.8) is 0 Å². The van der Waals surface area contributed by atoms with Gasteiger partial charge in [-0.3, -0.25) is 4.98 Å². The Bertz CT molecular complexity index is 615. The van der Waals surface area contributed by atoms with Crippen LogP contribution in [0.15, 0.2) is 36.5 Å². The first-order valence-corrected chi connectivity index (χ1v) is 5.47. The number of nitrogens with zero attached hydrogens (tertiary/aromatic N) is 1. The number of thiophene rings is 1. The fraction of sp³-hybridized carbons (Fsp3) is 0. The summed E-state index contributed by atoms with van der Waals surface area (Å²) in [5, 5.41) is 1.92. The van der Waals surface area contributed by atoms with Crippen molar-refractivity contribution in [2.45, 2.75) is 0 Å². The van der Waals surface area contributed by atoms with Crippen molar-refractivity contribution >= 4 is 43.2 Å². The van der Waals surface area contributed by atoms with Gasteiger partial charge < -0.3 is 0 Å². The van der Waals surface area contributed by atoms with Crippen LogP contribution < -0.4 is 0 Å².